The summed E-state index contributed by atoms with van der Waals surface area (Å²) in [5.74, 6) is 0. The van der Waals surface area contributed by atoms with Crippen molar-refractivity contribution in [2.24, 2.45) is 0 Å². The van der Waals surface area contributed by atoms with E-state index in [2.05, 4.69) is 53.6 Å². The zero-order valence-corrected chi connectivity index (χ0v) is 25.6. The van der Waals surface area contributed by atoms with Crippen LogP contribution >= 0.6 is 100 Å². The van der Waals surface area contributed by atoms with Gasteiger partial charge in [0.15, 0.2) is 0 Å². The lowest BCUT2D eigenvalue weighted by Crippen LogP contribution is -2.58. The Bertz CT molecular complexity index is 354. The van der Waals surface area contributed by atoms with E-state index >= 15 is 0 Å². The third kappa shape index (κ3) is 8.99. The van der Waals surface area contributed by atoms with Gasteiger partial charge in [-0.25, -0.2) is 0 Å². The minimum Gasteiger partial charge on any atom is -0.387 e. The minimum atomic E-state index is -0.759. The highest BCUT2D eigenvalue weighted by Gasteiger charge is 2.46. The molecule has 1 aliphatic rings. The number of aliphatic hydroxyl groups is 1. The average molecular weight is 562 g/mol. The maximum atomic E-state index is 10.7. The number of aliphatic hydroxyl groups excluding tert-OH is 1. The number of hydrogen-bond donors (Lipinski definition) is 1. The molecule has 0 aromatic carbocycles. The van der Waals surface area contributed by atoms with Crippen LogP contribution in [0.3, 0.4) is 0 Å². The molecule has 1 saturated heterocycles. The van der Waals surface area contributed by atoms with Crippen LogP contribution in [0.5, 0.6) is 0 Å². The van der Waals surface area contributed by atoms with E-state index in [-0.39, 0.29) is 27.7 Å². The summed E-state index contributed by atoms with van der Waals surface area (Å²) in [6.45, 7) is 2.02. The van der Waals surface area contributed by atoms with Gasteiger partial charge in [-0.15, -0.1) is 35.7 Å². The van der Waals surface area contributed by atoms with Gasteiger partial charge < -0.3 is 23.4 Å². The van der Waals surface area contributed by atoms with Gasteiger partial charge in [0, 0.05) is 8.50 Å². The summed E-state index contributed by atoms with van der Waals surface area (Å²) < 4.78 is 24.0. The van der Waals surface area contributed by atoms with Gasteiger partial charge in [-0.2, -0.15) is 0 Å². The molecule has 0 bridgehead atoms. The molecule has 17 heteroatoms. The Morgan fingerprint density at radius 2 is 1.79 bits per heavy atom. The maximum Gasteiger partial charge on any atom is 0.119 e. The summed E-state index contributed by atoms with van der Waals surface area (Å²) in [5, 5.41) is 10.7. The van der Waals surface area contributed by atoms with Crippen LogP contribution in [0.15, 0.2) is 0 Å². The van der Waals surface area contributed by atoms with Crippen LogP contribution in [-0.4, -0.2) is 42.2 Å². The molecule has 0 saturated carbocycles. The van der Waals surface area contributed by atoms with E-state index in [1.54, 1.807) is 0 Å². The zero-order valence-electron chi connectivity index (χ0n) is 13.0. The van der Waals surface area contributed by atoms with Crippen LogP contribution in [0.1, 0.15) is 6.92 Å². The summed E-state index contributed by atoms with van der Waals surface area (Å²) in [4.78, 5) is 0. The molecule has 0 radical (unpaired) electrons. The van der Waals surface area contributed by atoms with Crippen LogP contribution in [0.2, 0.25) is 0 Å². The molecule has 144 valence electrons. The van der Waals surface area contributed by atoms with E-state index in [1.165, 1.54) is 0 Å². The van der Waals surface area contributed by atoms with E-state index in [9.17, 15) is 5.11 Å². The van der Waals surface area contributed by atoms with Crippen LogP contribution in [-0.2, 0) is 18.3 Å². The van der Waals surface area contributed by atoms with Gasteiger partial charge in [-0.05, 0) is 29.8 Å². The number of ether oxygens (including phenoxy) is 1. The van der Waals surface area contributed by atoms with Crippen molar-refractivity contribution in [3.8, 4) is 0 Å². The molecule has 16 atom stereocenters. The van der Waals surface area contributed by atoms with Crippen LogP contribution in [0.4, 0.5) is 0 Å². The van der Waals surface area contributed by atoms with E-state index in [0.29, 0.717) is 22.5 Å². The van der Waals surface area contributed by atoms with Crippen molar-refractivity contribution < 1.29 is 23.4 Å². The molecule has 0 spiro atoms. The second kappa shape index (κ2) is 14.9. The Labute approximate surface area is 167 Å². The van der Waals surface area contributed by atoms with Crippen molar-refractivity contribution in [3.05, 3.63) is 0 Å². The molecule has 0 amide bonds. The lowest BCUT2D eigenvalue weighted by molar-refractivity contribution is -0.204. The van der Waals surface area contributed by atoms with Gasteiger partial charge >= 0.3 is 0 Å². The lowest BCUT2D eigenvalue weighted by Gasteiger charge is -2.44. The molecule has 24 heavy (non-hydrogen) atoms. The largest absolute Gasteiger partial charge is 0.387 e. The molecule has 1 N–H and O–H groups in total. The second-order valence-electron chi connectivity index (χ2n) is 4.67. The predicted molar refractivity (Wildman–Crippen MR) is 140 cm³/mol. The first kappa shape index (κ1) is 27.0. The van der Waals surface area contributed by atoms with Crippen molar-refractivity contribution in [2.75, 3.05) is 6.61 Å². The molecule has 1 rings (SSSR count). The first-order valence-corrected chi connectivity index (χ1v) is 26.1. The molecule has 1 aliphatic heterocycles. The van der Waals surface area contributed by atoms with E-state index < -0.39 is 33.4 Å². The lowest BCUT2D eigenvalue weighted by atomic mass is 9.96. The Hall–Kier alpha value is 4.96. The molecule has 0 aliphatic carbocycles. The van der Waals surface area contributed by atoms with Crippen LogP contribution in [0, 0.1) is 0 Å². The first-order chi connectivity index (χ1) is 11.3. The standard InChI is InChI=1S/C7H26O5P12/c1-3-6(12-23(21-15)24(17)18)7(11-19-13)5(8)4(10-3)2-9-22(16)20-14/h3-8,19-21H,2,13-18H2,1H3/t3-,4?,5-,6?,7-,22?,23?/m0/s1. The summed E-state index contributed by atoms with van der Waals surface area (Å²) in [6.07, 6.45) is -1.97. The van der Waals surface area contributed by atoms with Gasteiger partial charge in [-0.3, -0.25) is 0 Å². The molecule has 13 unspecified atom stereocenters. The number of rotatable bonds is 10. The molecule has 0 aromatic rings. The fraction of sp³-hybridized carbons (Fsp3) is 1.00. The van der Waals surface area contributed by atoms with Crippen molar-refractivity contribution >= 4 is 100 Å². The van der Waals surface area contributed by atoms with Crippen molar-refractivity contribution in [2.45, 2.75) is 37.4 Å². The summed E-state index contributed by atoms with van der Waals surface area (Å²) in [6, 6.07) is 0. The van der Waals surface area contributed by atoms with E-state index in [1.807, 2.05) is 6.92 Å². The maximum absolute atomic E-state index is 10.7. The van der Waals surface area contributed by atoms with Crippen LogP contribution < -0.4 is 0 Å². The number of hydrogen-bond acceptors (Lipinski definition) is 5. The highest BCUT2D eigenvalue weighted by Crippen LogP contribution is 2.89. The Kier molecular flexibility index (Phi) is 16.7. The van der Waals surface area contributed by atoms with Crippen molar-refractivity contribution in [1.29, 1.82) is 0 Å². The highest BCUT2D eigenvalue weighted by atomic mass is 32.9. The third-order valence-electron chi connectivity index (χ3n) is 3.14. The van der Waals surface area contributed by atoms with Gasteiger partial charge in [-0.1, -0.05) is 17.9 Å². The van der Waals surface area contributed by atoms with E-state index in [0.717, 1.165) is 0 Å². The van der Waals surface area contributed by atoms with Gasteiger partial charge in [0.2, 0.25) is 0 Å². The molecular formula is C7H26O5P12. The quantitative estimate of drug-likeness (QED) is 0.350. The average Bonchev–Trinajstić information content (AvgIpc) is 2.55. The second-order valence-corrected chi connectivity index (χ2v) is 31.8. The molecule has 5 nitrogen and oxygen atoms in total. The van der Waals surface area contributed by atoms with Crippen LogP contribution in [0.25, 0.3) is 0 Å². The SMILES string of the molecule is C[C@@H]1OC(COP(P)PP)[C@H](O)[C@H](OPP)C1OP(PP)P(P)P. The smallest absolute Gasteiger partial charge is 0.119 e. The van der Waals surface area contributed by atoms with Gasteiger partial charge in [0.1, 0.15) is 24.4 Å². The summed E-state index contributed by atoms with van der Waals surface area (Å²) in [7, 11) is 16.8. The summed E-state index contributed by atoms with van der Waals surface area (Å²) in [5.41, 5.74) is 0. The fourth-order valence-corrected chi connectivity index (χ4v) is 24.3. The molecular weight excluding hydrogens is 536 g/mol. The van der Waals surface area contributed by atoms with Gasteiger partial charge in [0.05, 0.1) is 27.8 Å². The molecule has 1 fully saturated rings. The van der Waals surface area contributed by atoms with Crippen molar-refractivity contribution in [3.63, 3.8) is 0 Å². The topological polar surface area (TPSA) is 57.2 Å². The highest BCUT2D eigenvalue weighted by molar-refractivity contribution is 8.86. The summed E-state index contributed by atoms with van der Waals surface area (Å²) >= 11 is 0. The van der Waals surface area contributed by atoms with E-state index in [4.69, 9.17) is 18.3 Å². The Morgan fingerprint density at radius 3 is 2.29 bits per heavy atom. The van der Waals surface area contributed by atoms with Crippen molar-refractivity contribution in [1.82, 2.24) is 0 Å². The third-order valence-corrected chi connectivity index (χ3v) is 31.3. The Morgan fingerprint density at radius 1 is 1.12 bits per heavy atom. The predicted octanol–water partition coefficient (Wildman–Crippen LogP) is 5.63. The minimum absolute atomic E-state index is 0.154. The normalized spacial score (nSPS) is 35.1. The van der Waals surface area contributed by atoms with Gasteiger partial charge in [0.25, 0.3) is 0 Å². The Balaban J connectivity index is 2.80. The molecule has 1 heterocycles. The molecule has 0 aromatic heterocycles. The first-order valence-electron chi connectivity index (χ1n) is 6.67. The monoisotopic (exact) mass is 562 g/mol. The zero-order chi connectivity index (χ0) is 18.3. The fourth-order valence-electron chi connectivity index (χ4n) is 2.06.